The molecule has 1 aliphatic carbocycles. The highest BCUT2D eigenvalue weighted by Crippen LogP contribution is 2.53. The zero-order chi connectivity index (χ0) is 53.5. The minimum Gasteiger partial charge on any atom is -0.455 e. The Balaban J connectivity index is 1.18. The van der Waals surface area contributed by atoms with Gasteiger partial charge in [-0.05, 0) is 135 Å². The van der Waals surface area contributed by atoms with Crippen molar-refractivity contribution in [3.05, 3.63) is 117 Å². The Morgan fingerprint density at radius 3 is 2.18 bits per heavy atom. The second-order valence-corrected chi connectivity index (χ2v) is 26.4. The number of pyridine rings is 1. The lowest BCUT2D eigenvalue weighted by atomic mass is 9.24. The number of rotatable bonds is 13. The van der Waals surface area contributed by atoms with Crippen molar-refractivity contribution in [1.82, 2.24) is 19.6 Å². The van der Waals surface area contributed by atoms with Crippen molar-refractivity contribution in [2.75, 3.05) is 23.4 Å². The largest absolute Gasteiger partial charge is 0.455 e. The summed E-state index contributed by atoms with van der Waals surface area (Å²) in [5, 5.41) is 14.0. The number of fused-ring (bicyclic) bond motifs is 1. The maximum Gasteiger partial charge on any atom is 0.293 e. The average molecular weight is 1010 g/mol. The van der Waals surface area contributed by atoms with Crippen molar-refractivity contribution in [2.24, 2.45) is 11.3 Å². The molecular formula is C45H62B12ClN7O7S. The lowest BCUT2D eigenvalue weighted by molar-refractivity contribution is -0.384. The Morgan fingerprint density at radius 2 is 1.55 bits per heavy atom. The van der Waals surface area contributed by atoms with Gasteiger partial charge in [0.15, 0.2) is 0 Å². The first-order valence-corrected chi connectivity index (χ1v) is 27.2. The molecule has 0 unspecified atom stereocenters. The third-order valence-corrected chi connectivity index (χ3v) is 18.8. The van der Waals surface area contributed by atoms with Gasteiger partial charge in [0, 0.05) is 47.6 Å². The number of carbonyl (C=O) groups is 1. The quantitative estimate of drug-likeness (QED) is 0.0601. The number of nitro benzene ring substituents is 1. The summed E-state index contributed by atoms with van der Waals surface area (Å²) in [4.78, 5) is 38.7. The van der Waals surface area contributed by atoms with E-state index in [-0.39, 0.29) is 28.3 Å². The van der Waals surface area contributed by atoms with E-state index in [1.54, 1.807) is 30.6 Å². The van der Waals surface area contributed by atoms with Gasteiger partial charge >= 0.3 is 0 Å². The molecule has 2 aromatic heterocycles. The van der Waals surface area contributed by atoms with Crippen LogP contribution in [0.3, 0.4) is 0 Å². The first kappa shape index (κ1) is 54.6. The Labute approximate surface area is 446 Å². The van der Waals surface area contributed by atoms with E-state index in [2.05, 4.69) is 134 Å². The first-order chi connectivity index (χ1) is 33.8. The fraction of sp³-hybridized carbons (Fsp3) is 0.378. The Bertz CT molecular complexity index is 3110. The van der Waals surface area contributed by atoms with Gasteiger partial charge in [-0.25, -0.2) is 18.1 Å². The number of piperazine rings is 1. The zero-order valence-corrected chi connectivity index (χ0v) is 46.6. The second-order valence-electron chi connectivity index (χ2n) is 24.2. The van der Waals surface area contributed by atoms with Crippen LogP contribution in [0.25, 0.3) is 16.6 Å². The van der Waals surface area contributed by atoms with Crippen molar-refractivity contribution < 1.29 is 27.6 Å². The maximum absolute atomic E-state index is 14.5. The van der Waals surface area contributed by atoms with Gasteiger partial charge in [-0.3, -0.25) is 14.9 Å². The van der Waals surface area contributed by atoms with E-state index in [1.165, 1.54) is 28.8 Å². The van der Waals surface area contributed by atoms with E-state index in [0.717, 1.165) is 49.2 Å². The molecule has 5 aromatic rings. The number of allylic oxidation sites excluding steroid dienone is 1. The smallest absolute Gasteiger partial charge is 0.293 e. The first-order valence-electron chi connectivity index (χ1n) is 25.4. The number of hydrogen-bond acceptors (Lipinski definition) is 11. The summed E-state index contributed by atoms with van der Waals surface area (Å²) in [5.74, 6) is -0.384. The van der Waals surface area contributed by atoms with E-state index in [4.69, 9.17) is 21.1 Å². The zero-order valence-electron chi connectivity index (χ0n) is 45.0. The highest BCUT2D eigenvalue weighted by atomic mass is 35.5. The van der Waals surface area contributed by atoms with Crippen molar-refractivity contribution in [2.45, 2.75) is 82.9 Å². The molecule has 368 valence electrons. The number of amides is 1. The van der Waals surface area contributed by atoms with Crippen LogP contribution in [0.1, 0.15) is 61.9 Å². The number of H-pyrrole nitrogens is 1. The van der Waals surface area contributed by atoms with E-state index in [1.807, 2.05) is 40.0 Å². The van der Waals surface area contributed by atoms with Gasteiger partial charge in [-0.2, -0.15) is 0 Å². The van der Waals surface area contributed by atoms with Crippen LogP contribution in [-0.2, 0) is 14.8 Å². The Hall–Kier alpha value is -4.70. The molecule has 28 heteroatoms. The number of nitro groups is 1. The van der Waals surface area contributed by atoms with Gasteiger partial charge in [0.1, 0.15) is 117 Å². The molecule has 2 saturated heterocycles. The average Bonchev–Trinajstić information content (AvgIpc) is 3.76. The highest BCUT2D eigenvalue weighted by Gasteiger charge is 2.65. The van der Waals surface area contributed by atoms with Gasteiger partial charge in [0.2, 0.25) is 0 Å². The van der Waals surface area contributed by atoms with E-state index >= 15 is 0 Å². The molecule has 8 rings (SSSR count). The van der Waals surface area contributed by atoms with Crippen LogP contribution in [0, 0.1) is 21.4 Å². The minimum absolute atomic E-state index is 0.0664. The maximum atomic E-state index is 14.5. The van der Waals surface area contributed by atoms with Gasteiger partial charge in [0.05, 0.1) is 21.6 Å². The molecule has 3 N–H and O–H groups in total. The fourth-order valence-corrected chi connectivity index (χ4v) is 13.7. The molecule has 3 aliphatic rings. The Kier molecular flexibility index (Phi) is 14.3. The minimum atomic E-state index is -4.66. The summed E-state index contributed by atoms with van der Waals surface area (Å²) >= 11 is 6.44. The van der Waals surface area contributed by atoms with E-state index in [9.17, 15) is 23.3 Å². The lowest BCUT2D eigenvalue weighted by Gasteiger charge is -2.78. The molecule has 4 heterocycles. The molecule has 2 fully saturated rings. The van der Waals surface area contributed by atoms with Crippen LogP contribution in [-0.4, -0.2) is 174 Å². The number of aromatic nitrogens is 2. The molecule has 0 saturated carbocycles. The number of nitrogens with one attached hydrogen (secondary N) is 3. The number of aromatic amines is 1. The summed E-state index contributed by atoms with van der Waals surface area (Å²) in [6, 6.07) is 20.8. The number of hydrogen-bond donors (Lipinski definition) is 3. The number of halogens is 1. The van der Waals surface area contributed by atoms with Crippen LogP contribution in [0.5, 0.6) is 11.5 Å². The van der Waals surface area contributed by atoms with Crippen LogP contribution < -0.4 is 19.7 Å². The molecule has 0 atom stereocenters. The summed E-state index contributed by atoms with van der Waals surface area (Å²) in [6.07, 6.45) is 7.82. The SMILES string of the molecule is BC(B)(Nc1ccc(S(=O)(=O)NC(=O)c2ccc(N3C(B)(B)C(B)(B)N(C(B)(B)C4=C(c5ccc(Cl)cc5)CC(C)(C)CC4)C(B)(B)C3(B)B)cc2Oc2cnc3[nH]ccc3c2)cc1[N+](=O)[O-])C1CCOCC1. The predicted molar refractivity (Wildman–Crippen MR) is 327 cm³/mol. The highest BCUT2D eigenvalue weighted by molar-refractivity contribution is 7.90. The molecule has 0 radical (unpaired) electrons. The number of ether oxygens (including phenoxy) is 2. The monoisotopic (exact) mass is 1010 g/mol. The second kappa shape index (κ2) is 19.1. The Morgan fingerprint density at radius 1 is 0.904 bits per heavy atom. The number of carbonyl (C=O) groups excluding carboxylic acids is 1. The molecule has 2 aliphatic heterocycles. The van der Waals surface area contributed by atoms with Gasteiger partial charge in [0.25, 0.3) is 21.6 Å². The van der Waals surface area contributed by atoms with Crippen LogP contribution in [0.4, 0.5) is 17.1 Å². The summed E-state index contributed by atoms with van der Waals surface area (Å²) in [7, 11) is 22.3. The molecule has 73 heavy (non-hydrogen) atoms. The van der Waals surface area contributed by atoms with Gasteiger partial charge in [-0.15, -0.1) is 0 Å². The third-order valence-electron chi connectivity index (χ3n) is 17.3. The molecule has 0 bridgehead atoms. The number of sulfonamides is 1. The summed E-state index contributed by atoms with van der Waals surface area (Å²) < 4.78 is 42.7. The molecule has 1 amide bonds. The standard InChI is InChI=1S/C45H62B12ClN7O7S/c1-39(2)15-11-33(32(22-39)24-3-5-27(58)6-4-24)41(48,49)65-44(54,55)42(50,51)63(43(52,53)45(65,56)57)28-7-9-31(36(20-28)72-29-19-25-12-16-59-37(25)60-23-29)38(66)62-73(69,70)30-8-10-34(35(21-30)64(67)68)61-40(46,47)26-13-17-71-18-14-26/h3-10,12,16,19-21,23,26,61H,11,13-15,17-18,22,46-57H2,1-2H3,(H,59,60)(H,62,66). The van der Waals surface area contributed by atoms with Crippen molar-refractivity contribution in [3.63, 3.8) is 0 Å². The van der Waals surface area contributed by atoms with Crippen molar-refractivity contribution >= 4 is 155 Å². The lowest BCUT2D eigenvalue weighted by Crippen LogP contribution is -2.95. The third kappa shape index (κ3) is 10.0. The normalized spacial score (nSPS) is 20.0. The molecule has 14 nitrogen and oxygen atoms in total. The fourth-order valence-electron chi connectivity index (χ4n) is 12.6. The van der Waals surface area contributed by atoms with Gasteiger partial charge in [-0.1, -0.05) is 43.2 Å². The van der Waals surface area contributed by atoms with Crippen LogP contribution >= 0.6 is 11.6 Å². The van der Waals surface area contributed by atoms with Crippen molar-refractivity contribution in [3.8, 4) is 11.5 Å². The molecule has 0 spiro atoms. The van der Waals surface area contributed by atoms with Crippen molar-refractivity contribution in [1.29, 1.82) is 0 Å². The van der Waals surface area contributed by atoms with E-state index < -0.39 is 63.5 Å². The molecule has 3 aromatic carbocycles. The number of anilines is 2. The molecular weight excluding hydrogens is 948 g/mol. The van der Waals surface area contributed by atoms with E-state index in [0.29, 0.717) is 29.6 Å². The number of nitrogens with zero attached hydrogens (tertiary/aromatic N) is 4. The van der Waals surface area contributed by atoms with Crippen LogP contribution in [0.15, 0.2) is 95.7 Å². The topological polar surface area (TPSA) is 172 Å². The van der Waals surface area contributed by atoms with Gasteiger partial charge < -0.3 is 29.6 Å². The summed E-state index contributed by atoms with van der Waals surface area (Å²) in [5.41, 5.74) is 5.17. The number of benzene rings is 3. The van der Waals surface area contributed by atoms with Crippen LogP contribution in [0.2, 0.25) is 5.02 Å². The predicted octanol–water partition coefficient (Wildman–Crippen LogP) is -3.82. The summed E-state index contributed by atoms with van der Waals surface area (Å²) in [6.45, 7) is 5.90.